The van der Waals surface area contributed by atoms with E-state index in [0.717, 1.165) is 11.3 Å². The standard InChI is InChI=1S/C19H16Cl2N4O/c1-11-3-6-17(12(2)7-11)25-19-22-9-13(10-23-19)18(26)24-14-4-5-15(20)16(21)8-14/h3-10H,1-2H3,(H,24,26)(H,22,23,25). The second kappa shape index (κ2) is 7.72. The number of halogens is 2. The van der Waals surface area contributed by atoms with Crippen LogP contribution >= 0.6 is 23.2 Å². The summed E-state index contributed by atoms with van der Waals surface area (Å²) in [7, 11) is 0. The molecule has 2 N–H and O–H groups in total. The van der Waals surface area contributed by atoms with E-state index in [4.69, 9.17) is 23.2 Å². The molecule has 0 fully saturated rings. The van der Waals surface area contributed by atoms with Crippen LogP contribution in [0.15, 0.2) is 48.8 Å². The van der Waals surface area contributed by atoms with Gasteiger partial charge in [0.15, 0.2) is 0 Å². The highest BCUT2D eigenvalue weighted by atomic mass is 35.5. The third-order valence-electron chi connectivity index (χ3n) is 3.72. The Bertz CT molecular complexity index is 958. The third-order valence-corrected chi connectivity index (χ3v) is 4.46. The molecule has 0 bridgehead atoms. The van der Waals surface area contributed by atoms with Gasteiger partial charge in [0.1, 0.15) is 0 Å². The smallest absolute Gasteiger partial charge is 0.258 e. The molecule has 0 saturated heterocycles. The molecule has 2 aromatic carbocycles. The molecule has 7 heteroatoms. The molecule has 1 aromatic heterocycles. The minimum absolute atomic E-state index is 0.332. The van der Waals surface area contributed by atoms with Crippen molar-refractivity contribution in [1.82, 2.24) is 9.97 Å². The number of carbonyl (C=O) groups excluding carboxylic acids is 1. The Labute approximate surface area is 161 Å². The van der Waals surface area contributed by atoms with E-state index in [-0.39, 0.29) is 5.91 Å². The molecule has 132 valence electrons. The van der Waals surface area contributed by atoms with Gasteiger partial charge in [-0.05, 0) is 43.7 Å². The Kier molecular flexibility index (Phi) is 5.40. The van der Waals surface area contributed by atoms with Crippen LogP contribution in [0.1, 0.15) is 21.5 Å². The zero-order valence-corrected chi connectivity index (χ0v) is 15.7. The van der Waals surface area contributed by atoms with Gasteiger partial charge in [-0.2, -0.15) is 0 Å². The highest BCUT2D eigenvalue weighted by Gasteiger charge is 2.09. The Morgan fingerprint density at radius 1 is 0.962 bits per heavy atom. The van der Waals surface area contributed by atoms with Crippen LogP contribution in [0.4, 0.5) is 17.3 Å². The summed E-state index contributed by atoms with van der Waals surface area (Å²) in [6, 6.07) is 10.9. The van der Waals surface area contributed by atoms with Crippen molar-refractivity contribution >= 4 is 46.4 Å². The summed E-state index contributed by atoms with van der Waals surface area (Å²) in [5.41, 5.74) is 4.08. The first-order chi connectivity index (χ1) is 12.4. The van der Waals surface area contributed by atoms with Gasteiger partial charge in [-0.25, -0.2) is 9.97 Å². The number of benzene rings is 2. The van der Waals surface area contributed by atoms with Crippen LogP contribution in [-0.4, -0.2) is 15.9 Å². The van der Waals surface area contributed by atoms with Gasteiger partial charge in [0.25, 0.3) is 5.91 Å². The molecule has 3 rings (SSSR count). The van der Waals surface area contributed by atoms with Crippen LogP contribution in [0.3, 0.4) is 0 Å². The first-order valence-electron chi connectivity index (χ1n) is 7.85. The third kappa shape index (κ3) is 4.31. The summed E-state index contributed by atoms with van der Waals surface area (Å²) in [6.45, 7) is 4.04. The van der Waals surface area contributed by atoms with Crippen LogP contribution in [0.2, 0.25) is 10.0 Å². The number of nitrogens with zero attached hydrogens (tertiary/aromatic N) is 2. The molecule has 0 unspecified atom stereocenters. The molecule has 0 radical (unpaired) electrons. The lowest BCUT2D eigenvalue weighted by atomic mass is 10.1. The highest BCUT2D eigenvalue weighted by Crippen LogP contribution is 2.25. The average Bonchev–Trinajstić information content (AvgIpc) is 2.61. The van der Waals surface area contributed by atoms with Gasteiger partial charge in [0, 0.05) is 23.8 Å². The van der Waals surface area contributed by atoms with E-state index in [1.165, 1.54) is 18.0 Å². The maximum Gasteiger partial charge on any atom is 0.258 e. The average molecular weight is 387 g/mol. The van der Waals surface area contributed by atoms with Gasteiger partial charge in [-0.3, -0.25) is 4.79 Å². The number of hydrogen-bond acceptors (Lipinski definition) is 4. The van der Waals surface area contributed by atoms with Crippen LogP contribution in [0, 0.1) is 13.8 Å². The van der Waals surface area contributed by atoms with Crippen LogP contribution in [0.25, 0.3) is 0 Å². The summed E-state index contributed by atoms with van der Waals surface area (Å²) < 4.78 is 0. The van der Waals surface area contributed by atoms with E-state index < -0.39 is 0 Å². The van der Waals surface area contributed by atoms with Gasteiger partial charge in [-0.15, -0.1) is 0 Å². The van der Waals surface area contributed by atoms with Gasteiger partial charge in [0.2, 0.25) is 5.95 Å². The fraction of sp³-hybridized carbons (Fsp3) is 0.105. The quantitative estimate of drug-likeness (QED) is 0.629. The number of hydrogen-bond donors (Lipinski definition) is 2. The van der Waals surface area contributed by atoms with Crippen molar-refractivity contribution in [2.45, 2.75) is 13.8 Å². The molecular formula is C19H16Cl2N4O. The van der Waals surface area contributed by atoms with Crippen LogP contribution in [0.5, 0.6) is 0 Å². The zero-order chi connectivity index (χ0) is 18.7. The molecular weight excluding hydrogens is 371 g/mol. The molecule has 3 aromatic rings. The second-order valence-corrected chi connectivity index (χ2v) is 6.64. The minimum atomic E-state index is -0.332. The number of aryl methyl sites for hydroxylation is 2. The topological polar surface area (TPSA) is 66.9 Å². The van der Waals surface area contributed by atoms with E-state index in [1.807, 2.05) is 26.0 Å². The molecule has 0 aliphatic carbocycles. The molecule has 0 spiro atoms. The maximum atomic E-state index is 12.3. The van der Waals surface area contributed by atoms with Crippen molar-refractivity contribution in [3.63, 3.8) is 0 Å². The van der Waals surface area contributed by atoms with E-state index in [1.54, 1.807) is 18.2 Å². The molecule has 0 aliphatic rings. The molecule has 0 aliphatic heterocycles. The van der Waals surface area contributed by atoms with Crippen molar-refractivity contribution in [3.8, 4) is 0 Å². The number of aromatic nitrogens is 2. The van der Waals surface area contributed by atoms with Gasteiger partial charge in [0.05, 0.1) is 15.6 Å². The van der Waals surface area contributed by atoms with E-state index in [9.17, 15) is 4.79 Å². The van der Waals surface area contributed by atoms with Crippen molar-refractivity contribution in [3.05, 3.63) is 75.5 Å². The molecule has 1 heterocycles. The predicted molar refractivity (Wildman–Crippen MR) is 106 cm³/mol. The predicted octanol–water partition coefficient (Wildman–Crippen LogP) is 5.40. The monoisotopic (exact) mass is 386 g/mol. The first kappa shape index (κ1) is 18.2. The van der Waals surface area contributed by atoms with Crippen molar-refractivity contribution in [1.29, 1.82) is 0 Å². The lowest BCUT2D eigenvalue weighted by Gasteiger charge is -2.09. The molecule has 0 saturated carbocycles. The van der Waals surface area contributed by atoms with Gasteiger partial charge >= 0.3 is 0 Å². The van der Waals surface area contributed by atoms with Crippen molar-refractivity contribution < 1.29 is 4.79 Å². The fourth-order valence-electron chi connectivity index (χ4n) is 2.36. The maximum absolute atomic E-state index is 12.3. The summed E-state index contributed by atoms with van der Waals surface area (Å²) in [6.07, 6.45) is 2.93. The SMILES string of the molecule is Cc1ccc(Nc2ncc(C(=O)Nc3ccc(Cl)c(Cl)c3)cn2)c(C)c1. The lowest BCUT2D eigenvalue weighted by Crippen LogP contribution is -2.13. The second-order valence-electron chi connectivity index (χ2n) is 5.82. The summed E-state index contributed by atoms with van der Waals surface area (Å²) in [4.78, 5) is 20.7. The summed E-state index contributed by atoms with van der Waals surface area (Å²) in [5, 5.41) is 6.67. The van der Waals surface area contributed by atoms with E-state index >= 15 is 0 Å². The number of anilines is 3. The Morgan fingerprint density at radius 2 is 1.69 bits per heavy atom. The Balaban J connectivity index is 1.70. The molecule has 0 atom stereocenters. The van der Waals surface area contributed by atoms with Gasteiger partial charge in [-0.1, -0.05) is 40.9 Å². The number of amides is 1. The molecule has 1 amide bonds. The normalized spacial score (nSPS) is 10.5. The van der Waals surface area contributed by atoms with E-state index in [0.29, 0.717) is 27.2 Å². The highest BCUT2D eigenvalue weighted by molar-refractivity contribution is 6.42. The number of nitrogens with one attached hydrogen (secondary N) is 2. The fourth-order valence-corrected chi connectivity index (χ4v) is 2.66. The molecule has 26 heavy (non-hydrogen) atoms. The summed E-state index contributed by atoms with van der Waals surface area (Å²) >= 11 is 11.8. The van der Waals surface area contributed by atoms with Crippen molar-refractivity contribution in [2.24, 2.45) is 0 Å². The molecule has 5 nitrogen and oxygen atoms in total. The Morgan fingerprint density at radius 3 is 2.35 bits per heavy atom. The van der Waals surface area contributed by atoms with Gasteiger partial charge < -0.3 is 10.6 Å². The zero-order valence-electron chi connectivity index (χ0n) is 14.2. The minimum Gasteiger partial charge on any atom is -0.324 e. The lowest BCUT2D eigenvalue weighted by molar-refractivity contribution is 0.102. The number of carbonyl (C=O) groups is 1. The van der Waals surface area contributed by atoms with Crippen LogP contribution in [-0.2, 0) is 0 Å². The number of rotatable bonds is 4. The largest absolute Gasteiger partial charge is 0.324 e. The summed E-state index contributed by atoms with van der Waals surface area (Å²) in [5.74, 6) is 0.0875. The van der Waals surface area contributed by atoms with Crippen LogP contribution < -0.4 is 10.6 Å². The van der Waals surface area contributed by atoms with Crippen molar-refractivity contribution in [2.75, 3.05) is 10.6 Å². The van der Waals surface area contributed by atoms with E-state index in [2.05, 4.69) is 26.7 Å². The first-order valence-corrected chi connectivity index (χ1v) is 8.61. The Hall–Kier alpha value is -2.63.